The van der Waals surface area contributed by atoms with Crippen LogP contribution in [0.2, 0.25) is 0 Å². The number of amides is 1. The van der Waals surface area contributed by atoms with E-state index in [-0.39, 0.29) is 12.5 Å². The summed E-state index contributed by atoms with van der Waals surface area (Å²) in [6, 6.07) is 21.6. The Morgan fingerprint density at radius 3 is 2.54 bits per heavy atom. The minimum atomic E-state index is -0.0550. The van der Waals surface area contributed by atoms with E-state index >= 15 is 0 Å². The van der Waals surface area contributed by atoms with Gasteiger partial charge >= 0.3 is 0 Å². The van der Waals surface area contributed by atoms with Crippen LogP contribution in [0, 0.1) is 11.3 Å². The Hall–Kier alpha value is -3.32. The summed E-state index contributed by atoms with van der Waals surface area (Å²) in [6.45, 7) is 2.59. The predicted molar refractivity (Wildman–Crippen MR) is 103 cm³/mol. The molecule has 3 aromatic carbocycles. The summed E-state index contributed by atoms with van der Waals surface area (Å²) in [5.74, 6) is 0.599. The van der Waals surface area contributed by atoms with Crippen LogP contribution in [0.3, 0.4) is 0 Å². The lowest BCUT2D eigenvalue weighted by atomic mass is 9.97. The number of hydrogen-bond donors (Lipinski definition) is 0. The molecule has 0 saturated carbocycles. The van der Waals surface area contributed by atoms with Gasteiger partial charge in [0.1, 0.15) is 5.75 Å². The Morgan fingerprint density at radius 2 is 1.85 bits per heavy atom. The zero-order valence-corrected chi connectivity index (χ0v) is 14.9. The highest BCUT2D eigenvalue weighted by atomic mass is 16.5. The topological polar surface area (TPSA) is 53.3 Å². The molecule has 1 amide bonds. The van der Waals surface area contributed by atoms with Crippen molar-refractivity contribution in [3.8, 4) is 22.9 Å². The number of fused-ring (bicyclic) bond motifs is 1. The monoisotopic (exact) mass is 344 g/mol. The predicted octanol–water partition coefficient (Wildman–Crippen LogP) is 4.24. The maximum atomic E-state index is 12.0. The zero-order valence-electron chi connectivity index (χ0n) is 14.9. The SMILES string of the molecule is CCN(C)C(=O)COc1cc(-c2ccc(C#N)cc2)c2ccccc2c1. The first-order chi connectivity index (χ1) is 12.6. The fraction of sp³-hybridized carbons (Fsp3) is 0.182. The molecule has 0 aliphatic heterocycles. The van der Waals surface area contributed by atoms with Crippen LogP contribution in [0.15, 0.2) is 60.7 Å². The van der Waals surface area contributed by atoms with Gasteiger partial charge in [-0.15, -0.1) is 0 Å². The number of benzene rings is 3. The van der Waals surface area contributed by atoms with E-state index in [9.17, 15) is 4.79 Å². The minimum absolute atomic E-state index is 0.00942. The van der Waals surface area contributed by atoms with Gasteiger partial charge in [-0.05, 0) is 53.1 Å². The number of likely N-dealkylation sites (N-methyl/N-ethyl adjacent to an activating group) is 1. The summed E-state index contributed by atoms with van der Waals surface area (Å²) in [4.78, 5) is 13.6. The standard InChI is InChI=1S/C22H20N2O2/c1-3-24(2)22(25)15-26-19-12-18-6-4-5-7-20(18)21(13-19)17-10-8-16(14-23)9-11-17/h4-13H,3,15H2,1-2H3. The van der Waals surface area contributed by atoms with E-state index in [0.29, 0.717) is 17.9 Å². The van der Waals surface area contributed by atoms with Crippen molar-refractivity contribution in [3.63, 3.8) is 0 Å². The van der Waals surface area contributed by atoms with Gasteiger partial charge in [0.2, 0.25) is 0 Å². The highest BCUT2D eigenvalue weighted by molar-refractivity contribution is 5.98. The number of hydrogen-bond acceptors (Lipinski definition) is 3. The first-order valence-electron chi connectivity index (χ1n) is 8.52. The number of ether oxygens (including phenoxy) is 1. The fourth-order valence-corrected chi connectivity index (χ4v) is 2.76. The molecule has 0 fully saturated rings. The zero-order chi connectivity index (χ0) is 18.5. The van der Waals surface area contributed by atoms with E-state index in [2.05, 4.69) is 12.1 Å². The van der Waals surface area contributed by atoms with Crippen molar-refractivity contribution in [1.29, 1.82) is 5.26 Å². The van der Waals surface area contributed by atoms with Gasteiger partial charge < -0.3 is 9.64 Å². The van der Waals surface area contributed by atoms with Gasteiger partial charge in [0.15, 0.2) is 6.61 Å². The molecule has 0 bridgehead atoms. The Bertz CT molecular complexity index is 972. The van der Waals surface area contributed by atoms with E-state index in [1.165, 1.54) is 0 Å². The molecule has 130 valence electrons. The quantitative estimate of drug-likeness (QED) is 0.696. The van der Waals surface area contributed by atoms with Gasteiger partial charge in [0.05, 0.1) is 11.6 Å². The van der Waals surface area contributed by atoms with Crippen molar-refractivity contribution in [2.75, 3.05) is 20.2 Å². The number of rotatable bonds is 5. The molecular formula is C22H20N2O2. The third kappa shape index (κ3) is 3.68. The highest BCUT2D eigenvalue weighted by Gasteiger charge is 2.11. The Labute approximate surface area is 153 Å². The van der Waals surface area contributed by atoms with E-state index in [1.807, 2.05) is 49.4 Å². The Kier molecular flexibility index (Phi) is 5.19. The van der Waals surface area contributed by atoms with Crippen LogP contribution in [0.5, 0.6) is 5.75 Å². The third-order valence-corrected chi connectivity index (χ3v) is 4.42. The van der Waals surface area contributed by atoms with E-state index in [1.54, 1.807) is 24.1 Å². The number of nitrogens with zero attached hydrogens (tertiary/aromatic N) is 2. The van der Waals surface area contributed by atoms with Gasteiger partial charge in [-0.3, -0.25) is 4.79 Å². The smallest absolute Gasteiger partial charge is 0.260 e. The molecule has 3 rings (SSSR count). The molecule has 0 radical (unpaired) electrons. The summed E-state index contributed by atoms with van der Waals surface area (Å²) in [6.07, 6.45) is 0. The molecular weight excluding hydrogens is 324 g/mol. The average Bonchev–Trinajstić information content (AvgIpc) is 2.70. The Morgan fingerprint density at radius 1 is 1.12 bits per heavy atom. The summed E-state index contributed by atoms with van der Waals surface area (Å²) in [5.41, 5.74) is 2.64. The largest absolute Gasteiger partial charge is 0.484 e. The van der Waals surface area contributed by atoms with Crippen molar-refractivity contribution >= 4 is 16.7 Å². The molecule has 4 heteroatoms. The fourth-order valence-electron chi connectivity index (χ4n) is 2.76. The minimum Gasteiger partial charge on any atom is -0.484 e. The van der Waals surface area contributed by atoms with Crippen molar-refractivity contribution in [1.82, 2.24) is 4.90 Å². The summed E-state index contributed by atoms with van der Waals surface area (Å²) >= 11 is 0. The molecule has 0 spiro atoms. The van der Waals surface area contributed by atoms with Gasteiger partial charge in [-0.25, -0.2) is 0 Å². The van der Waals surface area contributed by atoms with Crippen LogP contribution in [0.4, 0.5) is 0 Å². The van der Waals surface area contributed by atoms with Crippen LogP contribution in [0.1, 0.15) is 12.5 Å². The second kappa shape index (κ2) is 7.71. The first-order valence-corrected chi connectivity index (χ1v) is 8.52. The number of nitriles is 1. The van der Waals surface area contributed by atoms with Gasteiger partial charge in [0.25, 0.3) is 5.91 Å². The molecule has 0 atom stereocenters. The lowest BCUT2D eigenvalue weighted by Gasteiger charge is -2.16. The van der Waals surface area contributed by atoms with E-state index < -0.39 is 0 Å². The van der Waals surface area contributed by atoms with Crippen molar-refractivity contribution < 1.29 is 9.53 Å². The van der Waals surface area contributed by atoms with Crippen molar-refractivity contribution in [3.05, 3.63) is 66.2 Å². The van der Waals surface area contributed by atoms with E-state index in [0.717, 1.165) is 21.9 Å². The molecule has 3 aromatic rings. The molecule has 26 heavy (non-hydrogen) atoms. The lowest BCUT2D eigenvalue weighted by molar-refractivity contribution is -0.131. The maximum absolute atomic E-state index is 12.0. The molecule has 0 aromatic heterocycles. The second-order valence-corrected chi connectivity index (χ2v) is 6.08. The Balaban J connectivity index is 1.98. The van der Waals surface area contributed by atoms with Crippen LogP contribution in [-0.4, -0.2) is 31.0 Å². The van der Waals surface area contributed by atoms with Crippen molar-refractivity contribution in [2.24, 2.45) is 0 Å². The molecule has 0 N–H and O–H groups in total. The highest BCUT2D eigenvalue weighted by Crippen LogP contribution is 2.33. The average molecular weight is 344 g/mol. The van der Waals surface area contributed by atoms with E-state index in [4.69, 9.17) is 10.00 Å². The number of carbonyl (C=O) groups is 1. The number of carbonyl (C=O) groups excluding carboxylic acids is 1. The molecule has 0 unspecified atom stereocenters. The first kappa shape index (κ1) is 17.5. The van der Waals surface area contributed by atoms with Crippen molar-refractivity contribution in [2.45, 2.75) is 6.92 Å². The van der Waals surface area contributed by atoms with Gasteiger partial charge in [0, 0.05) is 13.6 Å². The third-order valence-electron chi connectivity index (χ3n) is 4.42. The van der Waals surface area contributed by atoms with Crippen LogP contribution >= 0.6 is 0 Å². The second-order valence-electron chi connectivity index (χ2n) is 6.08. The summed E-state index contributed by atoms with van der Waals surface area (Å²) in [5, 5.41) is 11.1. The molecule has 0 aliphatic carbocycles. The van der Waals surface area contributed by atoms with Crippen LogP contribution in [0.25, 0.3) is 21.9 Å². The molecule has 0 heterocycles. The lowest BCUT2D eigenvalue weighted by Crippen LogP contribution is -2.31. The van der Waals surface area contributed by atoms with Gasteiger partial charge in [-0.2, -0.15) is 5.26 Å². The summed E-state index contributed by atoms with van der Waals surface area (Å²) in [7, 11) is 1.76. The van der Waals surface area contributed by atoms with Crippen LogP contribution in [-0.2, 0) is 4.79 Å². The normalized spacial score (nSPS) is 10.3. The molecule has 0 saturated heterocycles. The maximum Gasteiger partial charge on any atom is 0.260 e. The molecule has 4 nitrogen and oxygen atoms in total. The van der Waals surface area contributed by atoms with Gasteiger partial charge in [-0.1, -0.05) is 36.4 Å². The molecule has 0 aliphatic rings. The van der Waals surface area contributed by atoms with Crippen LogP contribution < -0.4 is 4.74 Å². The summed E-state index contributed by atoms with van der Waals surface area (Å²) < 4.78 is 5.76.